The van der Waals surface area contributed by atoms with E-state index in [1.165, 1.54) is 10.8 Å². The highest BCUT2D eigenvalue weighted by molar-refractivity contribution is 6.91. The van der Waals surface area contributed by atoms with Gasteiger partial charge in [0, 0.05) is 23.8 Å². The van der Waals surface area contributed by atoms with Crippen LogP contribution >= 0.6 is 0 Å². The maximum Gasteiger partial charge on any atom is 0.263 e. The molecule has 1 unspecified atom stereocenters. The van der Waals surface area contributed by atoms with Crippen LogP contribution in [0.1, 0.15) is 52.9 Å². The summed E-state index contributed by atoms with van der Waals surface area (Å²) >= 11 is 0. The van der Waals surface area contributed by atoms with Gasteiger partial charge in [-0.3, -0.25) is 14.4 Å². The Labute approximate surface area is 318 Å². The number of methoxy groups -OCH3 is 1. The maximum absolute atomic E-state index is 13.7. The van der Waals surface area contributed by atoms with Gasteiger partial charge in [0.2, 0.25) is 0 Å². The van der Waals surface area contributed by atoms with Gasteiger partial charge in [-0.05, 0) is 83.6 Å². The minimum Gasteiger partial charge on any atom is -0.497 e. The van der Waals surface area contributed by atoms with Gasteiger partial charge in [0.1, 0.15) is 5.75 Å². The molecule has 1 aromatic heterocycles. The topological polar surface area (TPSA) is 89.7 Å². The van der Waals surface area contributed by atoms with Gasteiger partial charge in [0.15, 0.2) is 0 Å². The summed E-state index contributed by atoms with van der Waals surface area (Å²) in [5.41, 5.74) is 5.96. The van der Waals surface area contributed by atoms with E-state index in [-0.39, 0.29) is 30.6 Å². The molecule has 8 nitrogen and oxygen atoms in total. The minimum atomic E-state index is -2.05. The van der Waals surface area contributed by atoms with Gasteiger partial charge in [0.25, 0.3) is 5.91 Å². The van der Waals surface area contributed by atoms with Gasteiger partial charge in [-0.15, -0.1) is 5.10 Å². The Morgan fingerprint density at radius 2 is 1.65 bits per heavy atom. The molecular formula is C45H48N4O4Si. The number of aryl methyl sites for hydroxylation is 2. The molecule has 5 atom stereocenters. The fraction of sp³-hybridized carbons (Fsp3) is 0.311. The van der Waals surface area contributed by atoms with Crippen molar-refractivity contribution in [1.29, 1.82) is 0 Å². The van der Waals surface area contributed by atoms with Crippen LogP contribution < -0.4 is 14.8 Å². The quantitative estimate of drug-likeness (QED) is 0.120. The van der Waals surface area contributed by atoms with E-state index in [9.17, 15) is 9.90 Å². The van der Waals surface area contributed by atoms with E-state index < -0.39 is 8.07 Å². The molecule has 54 heavy (non-hydrogen) atoms. The highest BCUT2D eigenvalue weighted by atomic mass is 28.3. The highest BCUT2D eigenvalue weighted by Crippen LogP contribution is 2.47. The Bertz CT molecular complexity index is 2250. The van der Waals surface area contributed by atoms with Crippen LogP contribution in [0.4, 0.5) is 11.4 Å². The smallest absolute Gasteiger partial charge is 0.263 e. The molecule has 1 saturated heterocycles. The molecule has 2 aliphatic rings. The Balaban J connectivity index is 1.01. The number of amides is 1. The van der Waals surface area contributed by atoms with E-state index in [0.29, 0.717) is 18.0 Å². The number of benzene rings is 5. The van der Waals surface area contributed by atoms with Crippen molar-refractivity contribution in [2.24, 2.45) is 5.92 Å². The summed E-state index contributed by atoms with van der Waals surface area (Å²) in [6, 6.07) is 39.2. The largest absolute Gasteiger partial charge is 0.497 e. The first kappa shape index (κ1) is 35.9. The first-order valence-electron chi connectivity index (χ1n) is 19.1. The van der Waals surface area contributed by atoms with E-state index >= 15 is 0 Å². The molecule has 0 saturated carbocycles. The van der Waals surface area contributed by atoms with Gasteiger partial charge >= 0.3 is 0 Å². The average Bonchev–Trinajstić information content (AvgIpc) is 3.88. The SMILES string of the molecule is COc1ccc([Si](C)(C)[C@H]2[C@H](C)[C@H](CCc3cccc(N4C(=O)c5cccc6cccc4c56)c3)O[C@@H]2CCn2cc(C(CO)c3ccccc3)nn2)cc1. The van der Waals surface area contributed by atoms with E-state index in [4.69, 9.17) is 9.47 Å². The van der Waals surface area contributed by atoms with E-state index in [1.807, 2.05) is 76.4 Å². The van der Waals surface area contributed by atoms with E-state index in [0.717, 1.165) is 64.0 Å². The van der Waals surface area contributed by atoms with Crippen LogP contribution in [-0.4, -0.2) is 60.0 Å². The zero-order valence-electron chi connectivity index (χ0n) is 31.4. The van der Waals surface area contributed by atoms with Crippen LogP contribution in [0.25, 0.3) is 10.8 Å². The number of hydrogen-bond donors (Lipinski definition) is 1. The number of aliphatic hydroxyl groups excluding tert-OH is 1. The molecule has 0 radical (unpaired) electrons. The number of carbonyl (C=O) groups is 1. The summed E-state index contributed by atoms with van der Waals surface area (Å²) in [7, 11) is -0.341. The van der Waals surface area contributed by atoms with Crippen LogP contribution in [0, 0.1) is 5.92 Å². The van der Waals surface area contributed by atoms with Crippen LogP contribution in [0.2, 0.25) is 18.6 Å². The summed E-state index contributed by atoms with van der Waals surface area (Å²) in [5, 5.41) is 22.7. The summed E-state index contributed by atoms with van der Waals surface area (Å²) in [5.74, 6) is 1.02. The zero-order chi connectivity index (χ0) is 37.4. The lowest BCUT2D eigenvalue weighted by Crippen LogP contribution is -2.50. The Morgan fingerprint density at radius 3 is 2.41 bits per heavy atom. The zero-order valence-corrected chi connectivity index (χ0v) is 32.4. The number of carbonyl (C=O) groups excluding carboxylic acids is 1. The Morgan fingerprint density at radius 1 is 0.889 bits per heavy atom. The molecule has 0 spiro atoms. The van der Waals surface area contributed by atoms with Gasteiger partial charge < -0.3 is 14.6 Å². The fourth-order valence-electron chi connectivity index (χ4n) is 9.15. The number of aliphatic hydroxyl groups is 1. The first-order valence-corrected chi connectivity index (χ1v) is 22.2. The molecule has 276 valence electrons. The molecule has 9 heteroatoms. The third-order valence-corrected chi connectivity index (χ3v) is 16.3. The molecule has 1 fully saturated rings. The van der Waals surface area contributed by atoms with Crippen LogP contribution in [-0.2, 0) is 17.7 Å². The second kappa shape index (κ2) is 15.0. The molecule has 1 N–H and O–H groups in total. The molecule has 6 aromatic rings. The van der Waals surface area contributed by atoms with Crippen molar-refractivity contribution in [3.63, 3.8) is 0 Å². The summed E-state index contributed by atoms with van der Waals surface area (Å²) < 4.78 is 14.5. The summed E-state index contributed by atoms with van der Waals surface area (Å²) in [6.07, 6.45) is 4.66. The molecule has 0 aliphatic carbocycles. The molecule has 2 aliphatic heterocycles. The van der Waals surface area contributed by atoms with Crippen LogP contribution in [0.15, 0.2) is 121 Å². The van der Waals surface area contributed by atoms with E-state index in [2.05, 4.69) is 84.9 Å². The van der Waals surface area contributed by atoms with Crippen molar-refractivity contribution in [3.05, 3.63) is 144 Å². The Hall–Kier alpha value is -5.09. The van der Waals surface area contributed by atoms with Crippen molar-refractivity contribution >= 4 is 41.3 Å². The summed E-state index contributed by atoms with van der Waals surface area (Å²) in [6.45, 7) is 7.98. The normalized spacial score (nSPS) is 20.2. The summed E-state index contributed by atoms with van der Waals surface area (Å²) in [4.78, 5) is 15.5. The second-order valence-electron chi connectivity index (χ2n) is 15.4. The number of ether oxygens (including phenoxy) is 2. The number of rotatable bonds is 13. The molecule has 1 amide bonds. The molecule has 5 aromatic carbocycles. The van der Waals surface area contributed by atoms with Gasteiger partial charge in [0.05, 0.1) is 56.9 Å². The molecule has 8 rings (SSSR count). The number of nitrogens with zero attached hydrogens (tertiary/aromatic N) is 4. The van der Waals surface area contributed by atoms with Crippen molar-refractivity contribution in [2.75, 3.05) is 18.6 Å². The van der Waals surface area contributed by atoms with Crippen molar-refractivity contribution in [3.8, 4) is 5.75 Å². The van der Waals surface area contributed by atoms with Crippen molar-refractivity contribution < 1.29 is 19.4 Å². The number of aromatic nitrogens is 3. The minimum absolute atomic E-state index is 0.0227. The fourth-order valence-corrected chi connectivity index (χ4v) is 13.3. The lowest BCUT2D eigenvalue weighted by atomic mass is 9.95. The lowest BCUT2D eigenvalue weighted by molar-refractivity contribution is 0.0249. The predicted molar refractivity (Wildman–Crippen MR) is 217 cm³/mol. The predicted octanol–water partition coefficient (Wildman–Crippen LogP) is 8.27. The average molecular weight is 737 g/mol. The van der Waals surface area contributed by atoms with Gasteiger partial charge in [-0.2, -0.15) is 0 Å². The lowest BCUT2D eigenvalue weighted by Gasteiger charge is -2.36. The first-order chi connectivity index (χ1) is 26.3. The number of hydrogen-bond acceptors (Lipinski definition) is 6. The third kappa shape index (κ3) is 6.65. The second-order valence-corrected chi connectivity index (χ2v) is 20.1. The van der Waals surface area contributed by atoms with Crippen LogP contribution in [0.5, 0.6) is 5.75 Å². The molecule has 0 bridgehead atoms. The van der Waals surface area contributed by atoms with Gasteiger partial charge in [-0.25, -0.2) is 0 Å². The number of anilines is 2. The highest BCUT2D eigenvalue weighted by Gasteiger charge is 2.50. The van der Waals surface area contributed by atoms with E-state index in [1.54, 1.807) is 7.11 Å². The maximum atomic E-state index is 13.7. The molecular weight excluding hydrogens is 689 g/mol. The van der Waals surface area contributed by atoms with Crippen molar-refractivity contribution in [2.45, 2.75) is 69.5 Å². The van der Waals surface area contributed by atoms with Crippen molar-refractivity contribution in [1.82, 2.24) is 15.0 Å². The Kier molecular flexibility index (Phi) is 9.96. The van der Waals surface area contributed by atoms with Gasteiger partial charge in [-0.1, -0.05) is 109 Å². The standard InChI is InChI=1S/C45H48N4O4Si/c1-30-41(24-19-31-11-8-16-34(27-31)49-40-18-10-15-33-14-9-17-37(43(33)40)45(49)51)53-42(44(30)54(3,4)36-22-20-35(52-2)21-23-36)25-26-48-28-39(46-47-48)38(29-50)32-12-6-5-7-13-32/h5-18,20-23,27-28,30,38,41-42,44,50H,19,24-26,29H2,1-4H3/t30-,38?,41+,42-,44+/m1/s1. The third-order valence-electron chi connectivity index (χ3n) is 12.0. The van der Waals surface area contributed by atoms with Crippen LogP contribution in [0.3, 0.4) is 0 Å². The monoisotopic (exact) mass is 736 g/mol. The molecule has 3 heterocycles.